The molecule has 0 aromatic carbocycles. The van der Waals surface area contributed by atoms with Gasteiger partial charge in [-0.05, 0) is 31.9 Å². The van der Waals surface area contributed by atoms with Crippen molar-refractivity contribution in [2.24, 2.45) is 0 Å². The molecular weight excluding hydrogens is 358 g/mol. The maximum absolute atomic E-state index is 14.0. The van der Waals surface area contributed by atoms with Crippen LogP contribution in [0.2, 0.25) is 0 Å². The first-order valence-electron chi connectivity index (χ1n) is 8.54. The summed E-state index contributed by atoms with van der Waals surface area (Å²) in [5.74, 6) is -3.39. The molecule has 0 spiro atoms. The van der Waals surface area contributed by atoms with E-state index in [1.165, 1.54) is 11.3 Å². The number of pyridine rings is 1. The van der Waals surface area contributed by atoms with Crippen LogP contribution in [-0.2, 0) is 0 Å². The number of fused-ring (bicyclic) bond motifs is 1. The Morgan fingerprint density at radius 3 is 3.04 bits per heavy atom. The van der Waals surface area contributed by atoms with Gasteiger partial charge in [-0.3, -0.25) is 4.79 Å². The molecular formula is C18H18F2N4OS. The van der Waals surface area contributed by atoms with Crippen LogP contribution in [0.3, 0.4) is 0 Å². The van der Waals surface area contributed by atoms with Gasteiger partial charge in [0.15, 0.2) is 5.01 Å². The van der Waals surface area contributed by atoms with Crippen LogP contribution >= 0.6 is 11.3 Å². The van der Waals surface area contributed by atoms with E-state index in [-0.39, 0.29) is 11.4 Å². The lowest BCUT2D eigenvalue weighted by molar-refractivity contribution is -0.0609. The van der Waals surface area contributed by atoms with Gasteiger partial charge in [-0.1, -0.05) is 12.5 Å². The Morgan fingerprint density at radius 1 is 1.38 bits per heavy atom. The molecule has 1 saturated carbocycles. The van der Waals surface area contributed by atoms with Crippen molar-refractivity contribution in [3.05, 3.63) is 40.5 Å². The molecule has 0 aliphatic heterocycles. The zero-order valence-corrected chi connectivity index (χ0v) is 15.0. The molecule has 136 valence electrons. The Bertz CT molecular complexity index is 965. The van der Waals surface area contributed by atoms with Gasteiger partial charge in [0, 0.05) is 23.1 Å². The molecule has 5 nitrogen and oxygen atoms in total. The maximum Gasteiger partial charge on any atom is 0.280 e. The molecule has 1 aliphatic rings. The van der Waals surface area contributed by atoms with Gasteiger partial charge in [-0.25, -0.2) is 18.3 Å². The second-order valence-corrected chi connectivity index (χ2v) is 7.75. The van der Waals surface area contributed by atoms with E-state index in [0.29, 0.717) is 25.0 Å². The fourth-order valence-corrected chi connectivity index (χ4v) is 4.18. The van der Waals surface area contributed by atoms with Crippen molar-refractivity contribution in [2.75, 3.05) is 0 Å². The lowest BCUT2D eigenvalue weighted by Crippen LogP contribution is -2.49. The number of nitrogens with zero attached hydrogens (tertiary/aromatic N) is 3. The summed E-state index contributed by atoms with van der Waals surface area (Å²) < 4.78 is 29.7. The van der Waals surface area contributed by atoms with Gasteiger partial charge in [-0.2, -0.15) is 5.10 Å². The Balaban J connectivity index is 1.61. The highest BCUT2D eigenvalue weighted by molar-refractivity contribution is 7.14. The Hall–Kier alpha value is -2.35. The molecule has 3 aromatic rings. The molecule has 1 atom stereocenters. The molecule has 4 rings (SSSR count). The minimum atomic E-state index is -2.86. The molecule has 1 amide bonds. The van der Waals surface area contributed by atoms with Crippen LogP contribution < -0.4 is 5.32 Å². The zero-order valence-electron chi connectivity index (χ0n) is 14.2. The SMILES string of the molecule is Cc1sc(C(=O)NC2CCCCC2(F)F)nc1-c1cnn2ccccc12. The van der Waals surface area contributed by atoms with Crippen molar-refractivity contribution in [3.63, 3.8) is 0 Å². The van der Waals surface area contributed by atoms with E-state index in [1.807, 2.05) is 31.3 Å². The lowest BCUT2D eigenvalue weighted by atomic mass is 9.91. The fourth-order valence-electron chi connectivity index (χ4n) is 3.35. The average molecular weight is 376 g/mol. The Kier molecular flexibility index (Phi) is 4.22. The number of alkyl halides is 2. The van der Waals surface area contributed by atoms with Gasteiger partial charge in [0.25, 0.3) is 11.8 Å². The molecule has 8 heteroatoms. The summed E-state index contributed by atoms with van der Waals surface area (Å²) in [7, 11) is 0. The summed E-state index contributed by atoms with van der Waals surface area (Å²) >= 11 is 1.21. The lowest BCUT2D eigenvalue weighted by Gasteiger charge is -2.31. The first-order chi connectivity index (χ1) is 12.5. The number of nitrogens with one attached hydrogen (secondary N) is 1. The molecule has 1 unspecified atom stereocenters. The van der Waals surface area contributed by atoms with E-state index >= 15 is 0 Å². The number of hydrogen-bond donors (Lipinski definition) is 1. The average Bonchev–Trinajstić information content (AvgIpc) is 3.20. The minimum absolute atomic E-state index is 0.178. The molecule has 0 radical (unpaired) electrons. The van der Waals surface area contributed by atoms with Crippen molar-refractivity contribution in [1.29, 1.82) is 0 Å². The topological polar surface area (TPSA) is 59.3 Å². The van der Waals surface area contributed by atoms with Gasteiger partial charge < -0.3 is 5.32 Å². The van der Waals surface area contributed by atoms with E-state index in [1.54, 1.807) is 10.7 Å². The Morgan fingerprint density at radius 2 is 2.23 bits per heavy atom. The third kappa shape index (κ3) is 2.98. The van der Waals surface area contributed by atoms with Crippen molar-refractivity contribution in [2.45, 2.75) is 44.6 Å². The maximum atomic E-state index is 14.0. The first-order valence-corrected chi connectivity index (χ1v) is 9.36. The first kappa shape index (κ1) is 17.1. The van der Waals surface area contributed by atoms with E-state index in [9.17, 15) is 13.6 Å². The van der Waals surface area contributed by atoms with Gasteiger partial charge in [0.05, 0.1) is 23.4 Å². The van der Waals surface area contributed by atoms with Gasteiger partial charge in [0.2, 0.25) is 0 Å². The van der Waals surface area contributed by atoms with Crippen LogP contribution in [0.5, 0.6) is 0 Å². The standard InChI is InChI=1S/C18H18F2N4OS/c1-11-15(12-10-21-24-9-5-3-6-13(12)24)23-17(26-11)16(25)22-14-7-2-4-8-18(14,19)20/h3,5-6,9-10,14H,2,4,7-8H2,1H3,(H,22,25). The highest BCUT2D eigenvalue weighted by Gasteiger charge is 2.42. The summed E-state index contributed by atoms with van der Waals surface area (Å²) in [5.41, 5.74) is 2.37. The predicted octanol–water partition coefficient (Wildman–Crippen LogP) is 4.07. The van der Waals surface area contributed by atoms with Crippen LogP contribution in [0.1, 0.15) is 40.4 Å². The number of carbonyl (C=O) groups is 1. The largest absolute Gasteiger partial charge is 0.341 e. The second kappa shape index (κ2) is 6.42. The summed E-state index contributed by atoms with van der Waals surface area (Å²) in [6.07, 6.45) is 4.85. The zero-order chi connectivity index (χ0) is 18.3. The van der Waals surface area contributed by atoms with Gasteiger partial charge >= 0.3 is 0 Å². The van der Waals surface area contributed by atoms with E-state index in [2.05, 4.69) is 15.4 Å². The highest BCUT2D eigenvalue weighted by Crippen LogP contribution is 2.34. The van der Waals surface area contributed by atoms with Crippen LogP contribution in [0, 0.1) is 6.92 Å². The van der Waals surface area contributed by atoms with Crippen LogP contribution in [0.4, 0.5) is 8.78 Å². The summed E-state index contributed by atoms with van der Waals surface area (Å²) in [6.45, 7) is 1.87. The fraction of sp³-hybridized carbons (Fsp3) is 0.389. The normalized spacial score (nSPS) is 19.6. The summed E-state index contributed by atoms with van der Waals surface area (Å²) in [6, 6.07) is 4.58. The van der Waals surface area contributed by atoms with Crippen molar-refractivity contribution < 1.29 is 13.6 Å². The molecule has 1 N–H and O–H groups in total. The summed E-state index contributed by atoms with van der Waals surface area (Å²) in [4.78, 5) is 17.8. The van der Waals surface area contributed by atoms with E-state index in [4.69, 9.17) is 0 Å². The van der Waals surface area contributed by atoms with Crippen LogP contribution in [0.15, 0.2) is 30.6 Å². The number of halogens is 2. The van der Waals surface area contributed by atoms with E-state index < -0.39 is 17.9 Å². The quantitative estimate of drug-likeness (QED) is 0.749. The molecule has 26 heavy (non-hydrogen) atoms. The highest BCUT2D eigenvalue weighted by atomic mass is 32.1. The van der Waals surface area contributed by atoms with Crippen molar-refractivity contribution in [1.82, 2.24) is 19.9 Å². The smallest absolute Gasteiger partial charge is 0.280 e. The minimum Gasteiger partial charge on any atom is -0.341 e. The molecule has 3 heterocycles. The number of amides is 1. The number of rotatable bonds is 3. The number of carbonyl (C=O) groups excluding carboxylic acids is 1. The molecule has 0 bridgehead atoms. The van der Waals surface area contributed by atoms with Gasteiger partial charge in [-0.15, -0.1) is 11.3 Å². The second-order valence-electron chi connectivity index (χ2n) is 6.55. The third-order valence-electron chi connectivity index (χ3n) is 4.74. The van der Waals surface area contributed by atoms with Crippen LogP contribution in [-0.4, -0.2) is 32.5 Å². The van der Waals surface area contributed by atoms with E-state index in [0.717, 1.165) is 16.0 Å². The van der Waals surface area contributed by atoms with Crippen molar-refractivity contribution >= 4 is 22.8 Å². The number of thiazole rings is 1. The summed E-state index contributed by atoms with van der Waals surface area (Å²) in [5, 5.41) is 6.97. The number of hydrogen-bond acceptors (Lipinski definition) is 4. The Labute approximate surface area is 153 Å². The third-order valence-corrected chi connectivity index (χ3v) is 5.71. The number of aromatic nitrogens is 3. The van der Waals surface area contributed by atoms with Crippen molar-refractivity contribution in [3.8, 4) is 11.3 Å². The van der Waals surface area contributed by atoms with Crippen LogP contribution in [0.25, 0.3) is 16.8 Å². The number of aryl methyl sites for hydroxylation is 1. The van der Waals surface area contributed by atoms with Gasteiger partial charge in [0.1, 0.15) is 0 Å². The monoisotopic (exact) mass is 376 g/mol. The molecule has 3 aromatic heterocycles. The molecule has 0 saturated heterocycles. The molecule has 1 fully saturated rings. The predicted molar refractivity (Wildman–Crippen MR) is 95.7 cm³/mol. The molecule has 1 aliphatic carbocycles.